The van der Waals surface area contributed by atoms with Crippen LogP contribution < -0.4 is 0 Å². The van der Waals surface area contributed by atoms with Crippen LogP contribution in [0.1, 0.15) is 32.4 Å². The maximum atomic E-state index is 4.54. The van der Waals surface area contributed by atoms with Crippen LogP contribution in [-0.2, 0) is 7.05 Å². The van der Waals surface area contributed by atoms with Gasteiger partial charge in [0, 0.05) is 36.6 Å². The van der Waals surface area contributed by atoms with Crippen molar-refractivity contribution in [2.45, 2.75) is 26.7 Å². The molecule has 2 aromatic heterocycles. The Kier molecular flexibility index (Phi) is 3.27. The van der Waals surface area contributed by atoms with Crippen molar-refractivity contribution in [2.24, 2.45) is 13.0 Å². The van der Waals surface area contributed by atoms with Gasteiger partial charge < -0.3 is 0 Å². The third kappa shape index (κ3) is 2.54. The average molecular weight is 229 g/mol. The van der Waals surface area contributed by atoms with Crippen LogP contribution >= 0.6 is 0 Å². The molecule has 0 aliphatic heterocycles. The lowest BCUT2D eigenvalue weighted by Crippen LogP contribution is -2.04. The number of aromatic nitrogens is 3. The minimum Gasteiger partial charge on any atom is -0.275 e. The monoisotopic (exact) mass is 229 g/mol. The van der Waals surface area contributed by atoms with Crippen molar-refractivity contribution in [1.82, 2.24) is 14.8 Å². The summed E-state index contributed by atoms with van der Waals surface area (Å²) in [4.78, 5) is 4.54. The van der Waals surface area contributed by atoms with Crippen molar-refractivity contribution in [3.05, 3.63) is 36.3 Å². The van der Waals surface area contributed by atoms with Gasteiger partial charge in [0.15, 0.2) is 0 Å². The summed E-state index contributed by atoms with van der Waals surface area (Å²) in [6.07, 6.45) is 3.86. The van der Waals surface area contributed by atoms with E-state index in [9.17, 15) is 0 Å². The van der Waals surface area contributed by atoms with Gasteiger partial charge in [-0.15, -0.1) is 0 Å². The number of nitrogens with zero attached hydrogens (tertiary/aromatic N) is 3. The summed E-state index contributed by atoms with van der Waals surface area (Å²) in [6.45, 7) is 6.66. The van der Waals surface area contributed by atoms with Crippen molar-refractivity contribution < 1.29 is 0 Å². The molecular formula is C14H19N3. The van der Waals surface area contributed by atoms with Crippen LogP contribution in [0.25, 0.3) is 11.3 Å². The highest BCUT2D eigenvalue weighted by atomic mass is 15.2. The Balaban J connectivity index is 2.24. The molecule has 2 heterocycles. The molecular weight excluding hydrogens is 210 g/mol. The topological polar surface area (TPSA) is 30.7 Å². The third-order valence-electron chi connectivity index (χ3n) is 3.26. The molecule has 2 rings (SSSR count). The van der Waals surface area contributed by atoms with Gasteiger partial charge in [-0.3, -0.25) is 9.67 Å². The van der Waals surface area contributed by atoms with E-state index in [1.54, 1.807) is 4.68 Å². The Labute approximate surface area is 103 Å². The zero-order chi connectivity index (χ0) is 12.4. The maximum absolute atomic E-state index is 4.54. The lowest BCUT2D eigenvalue weighted by atomic mass is 9.94. The lowest BCUT2D eigenvalue weighted by Gasteiger charge is -2.14. The molecule has 0 N–H and O–H groups in total. The molecule has 0 aliphatic carbocycles. The number of rotatable bonds is 3. The van der Waals surface area contributed by atoms with E-state index < -0.39 is 0 Å². The fourth-order valence-electron chi connectivity index (χ4n) is 1.74. The number of hydrogen-bond acceptors (Lipinski definition) is 2. The van der Waals surface area contributed by atoms with Gasteiger partial charge in [-0.2, -0.15) is 5.10 Å². The van der Waals surface area contributed by atoms with Crippen LogP contribution in [0.5, 0.6) is 0 Å². The summed E-state index contributed by atoms with van der Waals surface area (Å²) in [5, 5.41) is 4.37. The van der Waals surface area contributed by atoms with Crippen molar-refractivity contribution in [2.75, 3.05) is 0 Å². The fourth-order valence-corrected chi connectivity index (χ4v) is 1.74. The Morgan fingerprint density at radius 3 is 2.35 bits per heavy atom. The van der Waals surface area contributed by atoms with E-state index >= 15 is 0 Å². The molecule has 0 saturated carbocycles. The Morgan fingerprint density at radius 2 is 1.88 bits per heavy atom. The second kappa shape index (κ2) is 4.70. The van der Waals surface area contributed by atoms with Crippen LogP contribution in [0.4, 0.5) is 0 Å². The largest absolute Gasteiger partial charge is 0.275 e. The first-order valence-corrected chi connectivity index (χ1v) is 6.04. The van der Waals surface area contributed by atoms with Gasteiger partial charge in [-0.1, -0.05) is 20.8 Å². The summed E-state index contributed by atoms with van der Waals surface area (Å²) in [5.74, 6) is 1.11. The molecule has 0 saturated heterocycles. The summed E-state index contributed by atoms with van der Waals surface area (Å²) in [5.41, 5.74) is 3.20. The first-order valence-electron chi connectivity index (χ1n) is 6.04. The van der Waals surface area contributed by atoms with E-state index in [1.807, 2.05) is 25.5 Å². The highest BCUT2D eigenvalue weighted by Crippen LogP contribution is 2.23. The van der Waals surface area contributed by atoms with Crippen LogP contribution in [0.3, 0.4) is 0 Å². The number of aryl methyl sites for hydroxylation is 1. The number of pyridine rings is 1. The first-order chi connectivity index (χ1) is 8.08. The van der Waals surface area contributed by atoms with Crippen LogP contribution in [-0.4, -0.2) is 14.8 Å². The highest BCUT2D eigenvalue weighted by molar-refractivity contribution is 5.57. The van der Waals surface area contributed by atoms with Gasteiger partial charge in [0.05, 0.1) is 5.69 Å². The molecule has 0 bridgehead atoms. The van der Waals surface area contributed by atoms with Crippen molar-refractivity contribution >= 4 is 0 Å². The van der Waals surface area contributed by atoms with E-state index in [4.69, 9.17) is 0 Å². The Morgan fingerprint density at radius 1 is 1.12 bits per heavy atom. The van der Waals surface area contributed by atoms with Crippen LogP contribution in [0, 0.1) is 5.92 Å². The van der Waals surface area contributed by atoms with Crippen LogP contribution in [0.15, 0.2) is 30.6 Å². The van der Waals surface area contributed by atoms with E-state index in [0.717, 1.165) is 17.0 Å². The van der Waals surface area contributed by atoms with Gasteiger partial charge in [-0.05, 0) is 24.1 Å². The molecule has 2 aromatic rings. The zero-order valence-electron chi connectivity index (χ0n) is 10.9. The molecule has 3 nitrogen and oxygen atoms in total. The molecule has 0 spiro atoms. The van der Waals surface area contributed by atoms with Gasteiger partial charge in [0.25, 0.3) is 0 Å². The summed E-state index contributed by atoms with van der Waals surface area (Å²) in [7, 11) is 1.92. The zero-order valence-corrected chi connectivity index (χ0v) is 10.9. The lowest BCUT2D eigenvalue weighted by molar-refractivity contribution is 0.524. The average Bonchev–Trinajstić information content (AvgIpc) is 2.75. The summed E-state index contributed by atoms with van der Waals surface area (Å²) < 4.78 is 1.81. The molecule has 0 fully saturated rings. The second-order valence-corrected chi connectivity index (χ2v) is 4.88. The van der Waals surface area contributed by atoms with E-state index in [-0.39, 0.29) is 0 Å². The molecule has 90 valence electrons. The van der Waals surface area contributed by atoms with Crippen molar-refractivity contribution in [3.63, 3.8) is 0 Å². The SMILES string of the molecule is CC(C)C(C)c1ccc(-c2ccn(C)n2)cn1. The molecule has 0 aromatic carbocycles. The van der Waals surface area contributed by atoms with Gasteiger partial charge in [-0.25, -0.2) is 0 Å². The van der Waals surface area contributed by atoms with E-state index in [1.165, 1.54) is 0 Å². The quantitative estimate of drug-likeness (QED) is 0.809. The predicted molar refractivity (Wildman–Crippen MR) is 69.7 cm³/mol. The minimum atomic E-state index is 0.493. The Bertz CT molecular complexity index is 482. The van der Waals surface area contributed by atoms with E-state index in [0.29, 0.717) is 11.8 Å². The van der Waals surface area contributed by atoms with Gasteiger partial charge >= 0.3 is 0 Å². The minimum absolute atomic E-state index is 0.493. The smallest absolute Gasteiger partial charge is 0.0938 e. The highest BCUT2D eigenvalue weighted by Gasteiger charge is 2.11. The molecule has 0 amide bonds. The first kappa shape index (κ1) is 11.8. The Hall–Kier alpha value is -1.64. The third-order valence-corrected chi connectivity index (χ3v) is 3.26. The molecule has 3 heteroatoms. The van der Waals surface area contributed by atoms with Gasteiger partial charge in [0.2, 0.25) is 0 Å². The standard InChI is InChI=1S/C14H19N3/c1-10(2)11(3)13-6-5-12(9-15-13)14-7-8-17(4)16-14/h5-11H,1-4H3. The summed E-state index contributed by atoms with van der Waals surface area (Å²) >= 11 is 0. The predicted octanol–water partition coefficient (Wildman–Crippen LogP) is 3.24. The second-order valence-electron chi connectivity index (χ2n) is 4.88. The van der Waals surface area contributed by atoms with Crippen LogP contribution in [0.2, 0.25) is 0 Å². The molecule has 0 radical (unpaired) electrons. The molecule has 0 aliphatic rings. The molecule has 1 unspecified atom stereocenters. The normalized spacial score (nSPS) is 13.0. The fraction of sp³-hybridized carbons (Fsp3) is 0.429. The summed E-state index contributed by atoms with van der Waals surface area (Å²) in [6, 6.07) is 6.21. The van der Waals surface area contributed by atoms with Crippen molar-refractivity contribution in [3.8, 4) is 11.3 Å². The van der Waals surface area contributed by atoms with Gasteiger partial charge in [0.1, 0.15) is 0 Å². The molecule has 1 atom stereocenters. The van der Waals surface area contributed by atoms with Crippen molar-refractivity contribution in [1.29, 1.82) is 0 Å². The number of hydrogen-bond donors (Lipinski definition) is 0. The van der Waals surface area contributed by atoms with E-state index in [2.05, 4.69) is 43.0 Å². The molecule has 17 heavy (non-hydrogen) atoms. The maximum Gasteiger partial charge on any atom is 0.0938 e.